The van der Waals surface area contributed by atoms with E-state index in [4.69, 9.17) is 13.9 Å². The first kappa shape index (κ1) is 21.9. The number of phenols is 1. The van der Waals surface area contributed by atoms with Crippen molar-refractivity contribution >= 4 is 16.9 Å². The number of hydrogen-bond donors (Lipinski definition) is 3. The minimum atomic E-state index is -0.880. The number of carbonyl (C=O) groups excluding carboxylic acids is 1. The van der Waals surface area contributed by atoms with Crippen molar-refractivity contribution in [3.05, 3.63) is 45.3 Å². The fourth-order valence-electron chi connectivity index (χ4n) is 3.46. The van der Waals surface area contributed by atoms with E-state index in [9.17, 15) is 19.8 Å². The molecule has 1 aromatic heterocycles. The Balaban J connectivity index is 1.98. The minimum absolute atomic E-state index is 0.000575. The second-order valence-electron chi connectivity index (χ2n) is 7.71. The highest BCUT2D eigenvalue weighted by molar-refractivity contribution is 5.89. The molecule has 0 amide bonds. The van der Waals surface area contributed by atoms with Crippen LogP contribution < -0.4 is 15.5 Å². The Hall–Kier alpha value is -2.84. The fraction of sp³-hybridized carbons (Fsp3) is 0.455. The van der Waals surface area contributed by atoms with Crippen molar-refractivity contribution in [2.24, 2.45) is 0 Å². The molecule has 0 saturated heterocycles. The predicted molar refractivity (Wildman–Crippen MR) is 111 cm³/mol. The van der Waals surface area contributed by atoms with Gasteiger partial charge >= 0.3 is 5.97 Å². The second kappa shape index (κ2) is 8.49. The van der Waals surface area contributed by atoms with E-state index in [1.165, 1.54) is 6.07 Å². The fourth-order valence-corrected chi connectivity index (χ4v) is 3.46. The molecule has 3 N–H and O–H groups in total. The van der Waals surface area contributed by atoms with Gasteiger partial charge in [0.25, 0.3) is 0 Å². The molecule has 2 heterocycles. The van der Waals surface area contributed by atoms with Crippen LogP contribution in [0.25, 0.3) is 11.0 Å². The molecule has 1 aliphatic rings. The molecule has 0 fully saturated rings. The molecular formula is C22H27NO7. The predicted octanol–water partition coefficient (Wildman–Crippen LogP) is 2.17. The quantitative estimate of drug-likeness (QED) is 0.483. The van der Waals surface area contributed by atoms with Crippen LogP contribution in [-0.4, -0.2) is 41.0 Å². The number of esters is 1. The van der Waals surface area contributed by atoms with Crippen LogP contribution in [0.4, 0.5) is 0 Å². The first-order valence-corrected chi connectivity index (χ1v) is 9.90. The van der Waals surface area contributed by atoms with Gasteiger partial charge in [-0.1, -0.05) is 13.0 Å². The average molecular weight is 417 g/mol. The zero-order valence-electron chi connectivity index (χ0n) is 17.6. The third-order valence-electron chi connectivity index (χ3n) is 5.23. The molecule has 162 valence electrons. The van der Waals surface area contributed by atoms with Crippen LogP contribution >= 0.6 is 0 Å². The zero-order valence-corrected chi connectivity index (χ0v) is 17.6. The summed E-state index contributed by atoms with van der Waals surface area (Å²) in [6.07, 6.45) is 1.20. The number of nitrogens with one attached hydrogen (secondary N) is 1. The third-order valence-corrected chi connectivity index (χ3v) is 5.23. The van der Waals surface area contributed by atoms with Gasteiger partial charge in [-0.2, -0.15) is 0 Å². The molecule has 0 unspecified atom stereocenters. The van der Waals surface area contributed by atoms with Crippen molar-refractivity contribution in [3.63, 3.8) is 0 Å². The number of aliphatic hydroxyl groups is 1. The van der Waals surface area contributed by atoms with Crippen molar-refractivity contribution in [2.45, 2.75) is 52.4 Å². The lowest BCUT2D eigenvalue weighted by molar-refractivity contribution is -0.156. The van der Waals surface area contributed by atoms with E-state index < -0.39 is 29.7 Å². The first-order chi connectivity index (χ1) is 14.2. The Morgan fingerprint density at radius 2 is 2.13 bits per heavy atom. The summed E-state index contributed by atoms with van der Waals surface area (Å²) in [5.41, 5.74) is -0.359. The number of benzene rings is 1. The van der Waals surface area contributed by atoms with Crippen LogP contribution in [0.1, 0.15) is 39.0 Å². The number of aromatic hydroxyl groups is 1. The topological polar surface area (TPSA) is 118 Å². The summed E-state index contributed by atoms with van der Waals surface area (Å²) in [4.78, 5) is 25.0. The number of fused-ring (bicyclic) bond motifs is 2. The van der Waals surface area contributed by atoms with Crippen LogP contribution in [0.2, 0.25) is 0 Å². The van der Waals surface area contributed by atoms with Crippen molar-refractivity contribution in [2.75, 3.05) is 13.1 Å². The molecular weight excluding hydrogens is 390 g/mol. The highest BCUT2D eigenvalue weighted by atomic mass is 16.6. The van der Waals surface area contributed by atoms with Gasteiger partial charge in [0.05, 0.1) is 0 Å². The Kier molecular flexibility index (Phi) is 6.19. The largest absolute Gasteiger partial charge is 0.507 e. The smallest absolute Gasteiger partial charge is 0.335 e. The van der Waals surface area contributed by atoms with Crippen molar-refractivity contribution < 1.29 is 28.9 Å². The molecule has 3 rings (SSSR count). The van der Waals surface area contributed by atoms with Gasteiger partial charge in [-0.3, -0.25) is 4.79 Å². The van der Waals surface area contributed by atoms with Crippen LogP contribution in [0.3, 0.4) is 0 Å². The maximum Gasteiger partial charge on any atom is 0.335 e. The standard InChI is InChI=1S/C22H27NO7/c1-5-12(10-23-6-2)21(27)29-18-8-14-16(30-22(18,3)4)9-17-19(20(14)26)15(25)7-13(11-24)28-17/h5,7,9,18,23-24,26H,6,8,10-11H2,1-4H3/t18-/m0/s1. The third kappa shape index (κ3) is 4.06. The van der Waals surface area contributed by atoms with Gasteiger partial charge in [0.15, 0.2) is 5.43 Å². The summed E-state index contributed by atoms with van der Waals surface area (Å²) in [5.74, 6) is -0.296. The molecule has 0 radical (unpaired) electrons. The SMILES string of the molecule is CC=C(CNCC)C(=O)O[C@H]1Cc2c(cc3oc(CO)cc(=O)c3c2O)OC1(C)C. The Bertz CT molecular complexity index is 1050. The lowest BCUT2D eigenvalue weighted by Gasteiger charge is -2.39. The second-order valence-corrected chi connectivity index (χ2v) is 7.71. The van der Waals surface area contributed by atoms with Gasteiger partial charge in [-0.15, -0.1) is 0 Å². The van der Waals surface area contributed by atoms with Crippen LogP contribution in [-0.2, 0) is 22.6 Å². The molecule has 0 aliphatic carbocycles. The lowest BCUT2D eigenvalue weighted by Crippen LogP contribution is -2.49. The highest BCUT2D eigenvalue weighted by Crippen LogP contribution is 2.42. The molecule has 2 aromatic rings. The number of hydrogen-bond acceptors (Lipinski definition) is 8. The Morgan fingerprint density at radius 1 is 1.40 bits per heavy atom. The van der Waals surface area contributed by atoms with Gasteiger partial charge in [0.1, 0.15) is 46.5 Å². The molecule has 30 heavy (non-hydrogen) atoms. The summed E-state index contributed by atoms with van der Waals surface area (Å²) in [7, 11) is 0. The number of carbonyl (C=O) groups is 1. The van der Waals surface area contributed by atoms with Crippen molar-refractivity contribution in [3.8, 4) is 11.5 Å². The molecule has 1 atom stereocenters. The lowest BCUT2D eigenvalue weighted by atomic mass is 9.89. The van der Waals surface area contributed by atoms with E-state index in [1.807, 2.05) is 6.92 Å². The van der Waals surface area contributed by atoms with Crippen LogP contribution in [0, 0.1) is 0 Å². The van der Waals surface area contributed by atoms with Gasteiger partial charge in [-0.25, -0.2) is 4.79 Å². The normalized spacial score (nSPS) is 18.0. The first-order valence-electron chi connectivity index (χ1n) is 9.90. The van der Waals surface area contributed by atoms with Crippen LogP contribution in [0.5, 0.6) is 11.5 Å². The zero-order chi connectivity index (χ0) is 22.1. The average Bonchev–Trinajstić information content (AvgIpc) is 2.68. The summed E-state index contributed by atoms with van der Waals surface area (Å²) in [6.45, 7) is 7.96. The van der Waals surface area contributed by atoms with Gasteiger partial charge in [-0.05, 0) is 27.3 Å². The maximum absolute atomic E-state index is 12.6. The number of phenolic OH excluding ortho intramolecular Hbond substituents is 1. The highest BCUT2D eigenvalue weighted by Gasteiger charge is 2.42. The summed E-state index contributed by atoms with van der Waals surface area (Å²) in [6, 6.07) is 2.66. The van der Waals surface area contributed by atoms with E-state index in [0.29, 0.717) is 23.4 Å². The van der Waals surface area contributed by atoms with Gasteiger partial charge in [0.2, 0.25) is 0 Å². The van der Waals surface area contributed by atoms with E-state index >= 15 is 0 Å². The Labute approximate surface area is 174 Å². The molecule has 8 nitrogen and oxygen atoms in total. The molecule has 0 spiro atoms. The van der Waals surface area contributed by atoms with E-state index in [-0.39, 0.29) is 28.9 Å². The number of rotatable bonds is 6. The van der Waals surface area contributed by atoms with Gasteiger partial charge < -0.3 is 29.4 Å². The summed E-state index contributed by atoms with van der Waals surface area (Å²) in [5, 5.41) is 23.1. The van der Waals surface area contributed by atoms with E-state index in [0.717, 1.165) is 12.6 Å². The number of likely N-dealkylation sites (N-methyl/N-ethyl adjacent to an activating group) is 1. The Morgan fingerprint density at radius 3 is 2.77 bits per heavy atom. The van der Waals surface area contributed by atoms with E-state index in [1.54, 1.807) is 26.8 Å². The van der Waals surface area contributed by atoms with Crippen molar-refractivity contribution in [1.82, 2.24) is 5.32 Å². The number of aliphatic hydroxyl groups excluding tert-OH is 1. The summed E-state index contributed by atoms with van der Waals surface area (Å²) < 4.78 is 17.3. The molecule has 0 saturated carbocycles. The maximum atomic E-state index is 12.6. The number of allylic oxidation sites excluding steroid dienone is 1. The van der Waals surface area contributed by atoms with Crippen molar-refractivity contribution in [1.29, 1.82) is 0 Å². The van der Waals surface area contributed by atoms with E-state index in [2.05, 4.69) is 5.32 Å². The molecule has 0 bridgehead atoms. The molecule has 8 heteroatoms. The molecule has 1 aliphatic heterocycles. The summed E-state index contributed by atoms with van der Waals surface area (Å²) >= 11 is 0. The monoisotopic (exact) mass is 417 g/mol. The molecule has 1 aromatic carbocycles. The van der Waals surface area contributed by atoms with Gasteiger partial charge in [0, 0.05) is 36.2 Å². The minimum Gasteiger partial charge on any atom is -0.507 e. The van der Waals surface area contributed by atoms with Crippen LogP contribution in [0.15, 0.2) is 33.0 Å². The number of ether oxygens (including phenoxy) is 2.